The number of rotatable bonds is 7. The molecule has 5 heteroatoms. The van der Waals surface area contributed by atoms with Crippen LogP contribution in [0.25, 0.3) is 0 Å². The third kappa shape index (κ3) is 4.69. The largest absolute Gasteiger partial charge is 0.479 e. The Kier molecular flexibility index (Phi) is 5.99. The second kappa shape index (κ2) is 7.51. The van der Waals surface area contributed by atoms with Gasteiger partial charge < -0.3 is 9.47 Å². The van der Waals surface area contributed by atoms with Crippen LogP contribution in [0.3, 0.4) is 0 Å². The van der Waals surface area contributed by atoms with Gasteiger partial charge in [0.1, 0.15) is 17.9 Å². The molecule has 0 spiro atoms. The van der Waals surface area contributed by atoms with Gasteiger partial charge in [-0.2, -0.15) is 0 Å². The summed E-state index contributed by atoms with van der Waals surface area (Å²) in [6.07, 6.45) is 1.91. The summed E-state index contributed by atoms with van der Waals surface area (Å²) < 4.78 is 23.3. The molecule has 0 aliphatic heterocycles. The highest BCUT2D eigenvalue weighted by molar-refractivity contribution is 5.76. The van der Waals surface area contributed by atoms with Crippen molar-refractivity contribution in [1.29, 1.82) is 0 Å². The molecule has 104 valence electrons. The van der Waals surface area contributed by atoms with E-state index in [0.717, 1.165) is 25.0 Å². The van der Waals surface area contributed by atoms with Crippen LogP contribution in [0.15, 0.2) is 18.2 Å². The molecular weight excluding hydrogens is 251 g/mol. The maximum Gasteiger partial charge on any atom is 0.347 e. The fourth-order valence-corrected chi connectivity index (χ4v) is 1.63. The number of unbranched alkanes of at least 4 members (excludes halogenated alkanes) is 1. The lowest BCUT2D eigenvalue weighted by Gasteiger charge is -2.16. The highest BCUT2D eigenvalue weighted by Crippen LogP contribution is 2.19. The average molecular weight is 268 g/mol. The van der Waals surface area contributed by atoms with Crippen molar-refractivity contribution < 1.29 is 23.5 Å². The van der Waals surface area contributed by atoms with Gasteiger partial charge in [-0.05, 0) is 25.0 Å². The molecule has 1 aromatic rings. The Morgan fingerprint density at radius 1 is 1.42 bits per heavy atom. The minimum absolute atomic E-state index is 0.147. The van der Waals surface area contributed by atoms with Crippen LogP contribution in [0.2, 0.25) is 0 Å². The molecule has 1 aromatic carbocycles. The number of hydrogen-bond donors (Lipinski definition) is 0. The van der Waals surface area contributed by atoms with Crippen molar-refractivity contribution in [2.24, 2.45) is 0 Å². The van der Waals surface area contributed by atoms with Gasteiger partial charge in [-0.15, -0.1) is 0 Å². The van der Waals surface area contributed by atoms with Crippen LogP contribution in [0.4, 0.5) is 4.39 Å². The van der Waals surface area contributed by atoms with Gasteiger partial charge in [0, 0.05) is 11.6 Å². The molecule has 1 rings (SSSR count). The average Bonchev–Trinajstić information content (AvgIpc) is 2.41. The number of halogens is 1. The summed E-state index contributed by atoms with van der Waals surface area (Å²) in [5.41, 5.74) is 0.161. The van der Waals surface area contributed by atoms with Gasteiger partial charge in [0.15, 0.2) is 6.10 Å². The summed E-state index contributed by atoms with van der Waals surface area (Å²) in [5.74, 6) is -0.947. The highest BCUT2D eigenvalue weighted by Gasteiger charge is 2.21. The smallest absolute Gasteiger partial charge is 0.347 e. The SMILES string of the molecule is CCCCC(Oc1cc(F)cc(C=O)c1)C(=O)OC. The van der Waals surface area contributed by atoms with Crippen molar-refractivity contribution in [1.82, 2.24) is 0 Å². The minimum Gasteiger partial charge on any atom is -0.479 e. The number of ether oxygens (including phenoxy) is 2. The van der Waals surface area contributed by atoms with Gasteiger partial charge in [-0.25, -0.2) is 9.18 Å². The van der Waals surface area contributed by atoms with Crippen molar-refractivity contribution >= 4 is 12.3 Å². The molecule has 0 radical (unpaired) electrons. The van der Waals surface area contributed by atoms with E-state index in [1.807, 2.05) is 6.92 Å². The molecule has 0 amide bonds. The van der Waals surface area contributed by atoms with Crippen LogP contribution < -0.4 is 4.74 Å². The fourth-order valence-electron chi connectivity index (χ4n) is 1.63. The van der Waals surface area contributed by atoms with Gasteiger partial charge in [-0.3, -0.25) is 4.79 Å². The first-order valence-electron chi connectivity index (χ1n) is 6.11. The molecule has 1 unspecified atom stereocenters. The van der Waals surface area contributed by atoms with E-state index >= 15 is 0 Å². The van der Waals surface area contributed by atoms with E-state index < -0.39 is 17.9 Å². The molecular formula is C14H17FO4. The maximum absolute atomic E-state index is 13.2. The van der Waals surface area contributed by atoms with Gasteiger partial charge in [0.2, 0.25) is 0 Å². The maximum atomic E-state index is 13.2. The second-order valence-corrected chi connectivity index (χ2v) is 4.11. The summed E-state index contributed by atoms with van der Waals surface area (Å²) >= 11 is 0. The summed E-state index contributed by atoms with van der Waals surface area (Å²) in [7, 11) is 1.27. The van der Waals surface area contributed by atoms with Crippen LogP contribution in [0, 0.1) is 5.82 Å². The molecule has 0 N–H and O–H groups in total. The minimum atomic E-state index is -0.786. The molecule has 0 aliphatic rings. The first kappa shape index (κ1) is 15.1. The van der Waals surface area contributed by atoms with Crippen molar-refractivity contribution in [3.63, 3.8) is 0 Å². The summed E-state index contributed by atoms with van der Waals surface area (Å²) in [6, 6.07) is 3.62. The topological polar surface area (TPSA) is 52.6 Å². The monoisotopic (exact) mass is 268 g/mol. The zero-order valence-electron chi connectivity index (χ0n) is 11.0. The molecule has 0 saturated carbocycles. The normalized spacial score (nSPS) is 11.7. The van der Waals surface area contributed by atoms with Crippen molar-refractivity contribution in [3.8, 4) is 5.75 Å². The van der Waals surface area contributed by atoms with Crippen LogP contribution >= 0.6 is 0 Å². The molecule has 4 nitrogen and oxygen atoms in total. The van der Waals surface area contributed by atoms with Crippen molar-refractivity contribution in [2.75, 3.05) is 7.11 Å². The Hall–Kier alpha value is -1.91. The van der Waals surface area contributed by atoms with Gasteiger partial charge in [0.25, 0.3) is 0 Å². The van der Waals surface area contributed by atoms with E-state index in [1.165, 1.54) is 13.2 Å². The molecule has 0 bridgehead atoms. The Morgan fingerprint density at radius 3 is 2.74 bits per heavy atom. The lowest BCUT2D eigenvalue weighted by molar-refractivity contribution is -0.149. The third-order valence-electron chi connectivity index (χ3n) is 2.59. The van der Waals surface area contributed by atoms with Crippen LogP contribution in [-0.2, 0) is 9.53 Å². The molecule has 19 heavy (non-hydrogen) atoms. The molecule has 0 heterocycles. The Bertz CT molecular complexity index is 445. The Morgan fingerprint density at radius 2 is 2.16 bits per heavy atom. The standard InChI is InChI=1S/C14H17FO4/c1-3-4-5-13(14(17)18-2)19-12-7-10(9-16)6-11(15)8-12/h6-9,13H,3-5H2,1-2H3. The van der Waals surface area contributed by atoms with Crippen LogP contribution in [0.1, 0.15) is 36.5 Å². The number of aldehydes is 1. The van der Waals surface area contributed by atoms with E-state index in [9.17, 15) is 14.0 Å². The number of carbonyl (C=O) groups is 2. The predicted molar refractivity (Wildman–Crippen MR) is 67.7 cm³/mol. The highest BCUT2D eigenvalue weighted by atomic mass is 19.1. The number of carbonyl (C=O) groups excluding carboxylic acids is 2. The number of esters is 1. The first-order chi connectivity index (χ1) is 9.10. The zero-order chi connectivity index (χ0) is 14.3. The van der Waals surface area contributed by atoms with Gasteiger partial charge in [0.05, 0.1) is 7.11 Å². The van der Waals surface area contributed by atoms with Crippen LogP contribution in [0.5, 0.6) is 5.75 Å². The van der Waals surface area contributed by atoms with Crippen LogP contribution in [-0.4, -0.2) is 25.5 Å². The third-order valence-corrected chi connectivity index (χ3v) is 2.59. The summed E-state index contributed by atoms with van der Waals surface area (Å²) in [5, 5.41) is 0. The quantitative estimate of drug-likeness (QED) is 0.563. The molecule has 0 saturated heterocycles. The molecule has 0 fully saturated rings. The molecule has 1 atom stereocenters. The molecule has 0 aliphatic carbocycles. The van der Waals surface area contributed by atoms with Crippen molar-refractivity contribution in [3.05, 3.63) is 29.6 Å². The van der Waals surface area contributed by atoms with E-state index in [0.29, 0.717) is 12.7 Å². The summed E-state index contributed by atoms with van der Waals surface area (Å²) in [4.78, 5) is 22.2. The van der Waals surface area contributed by atoms with Gasteiger partial charge in [-0.1, -0.05) is 13.3 Å². The second-order valence-electron chi connectivity index (χ2n) is 4.11. The number of hydrogen-bond acceptors (Lipinski definition) is 4. The zero-order valence-corrected chi connectivity index (χ0v) is 11.0. The van der Waals surface area contributed by atoms with Gasteiger partial charge >= 0.3 is 5.97 Å². The predicted octanol–water partition coefficient (Wildman–Crippen LogP) is 2.75. The summed E-state index contributed by atoms with van der Waals surface area (Å²) in [6.45, 7) is 1.99. The van der Waals surface area contributed by atoms with Crippen molar-refractivity contribution in [2.45, 2.75) is 32.3 Å². The van der Waals surface area contributed by atoms with E-state index in [4.69, 9.17) is 4.74 Å². The lowest BCUT2D eigenvalue weighted by atomic mass is 10.1. The fraction of sp³-hybridized carbons (Fsp3) is 0.429. The lowest BCUT2D eigenvalue weighted by Crippen LogP contribution is -2.28. The Balaban J connectivity index is 2.85. The Labute approximate surface area is 111 Å². The molecule has 0 aromatic heterocycles. The van der Waals surface area contributed by atoms with E-state index in [-0.39, 0.29) is 11.3 Å². The van der Waals surface area contributed by atoms with E-state index in [1.54, 1.807) is 0 Å². The van der Waals surface area contributed by atoms with E-state index in [2.05, 4.69) is 4.74 Å². The first-order valence-corrected chi connectivity index (χ1v) is 6.11. The number of benzene rings is 1. The number of methoxy groups -OCH3 is 1.